The molecule has 0 rings (SSSR count). The molecule has 4 nitrogen and oxygen atoms in total. The SMILES string of the molecule is CC(=O)CC(C)=O.CC(=O)CC(C)=O.[Zn+2]. The second-order valence-corrected chi connectivity index (χ2v) is 3.16. The maximum absolute atomic E-state index is 10.0. The predicted molar refractivity (Wildman–Crippen MR) is 52.0 cm³/mol. The smallest absolute Gasteiger partial charge is 0.300 e. The Kier molecular flexibility index (Phi) is 15.0. The largest absolute Gasteiger partial charge is 2.00 e. The minimum Gasteiger partial charge on any atom is -0.300 e. The molecule has 0 bridgehead atoms. The topological polar surface area (TPSA) is 68.3 Å². The third-order valence-electron chi connectivity index (χ3n) is 0.996. The van der Waals surface area contributed by atoms with E-state index in [0.29, 0.717) is 0 Å². The van der Waals surface area contributed by atoms with Gasteiger partial charge >= 0.3 is 19.5 Å². The van der Waals surface area contributed by atoms with E-state index in [9.17, 15) is 19.2 Å². The summed E-state index contributed by atoms with van der Waals surface area (Å²) in [7, 11) is 0. The van der Waals surface area contributed by atoms with E-state index in [1.807, 2.05) is 0 Å². The third-order valence-corrected chi connectivity index (χ3v) is 0.996. The van der Waals surface area contributed by atoms with Crippen molar-refractivity contribution >= 4 is 23.1 Å². The summed E-state index contributed by atoms with van der Waals surface area (Å²) in [5.74, 6) is -0.250. The molecule has 0 N–H and O–H groups in total. The summed E-state index contributed by atoms with van der Waals surface area (Å²) in [6, 6.07) is 0. The fraction of sp³-hybridized carbons (Fsp3) is 0.600. The molecule has 0 aromatic carbocycles. The first-order valence-electron chi connectivity index (χ1n) is 4.23. The third kappa shape index (κ3) is 31.9. The van der Waals surface area contributed by atoms with E-state index in [1.165, 1.54) is 27.7 Å². The minimum atomic E-state index is -0.0625. The Labute approximate surface area is 103 Å². The van der Waals surface area contributed by atoms with Crippen LogP contribution in [0.15, 0.2) is 0 Å². The van der Waals surface area contributed by atoms with Gasteiger partial charge in [0.15, 0.2) is 0 Å². The molecule has 0 amide bonds. The van der Waals surface area contributed by atoms with Crippen molar-refractivity contribution in [3.63, 3.8) is 0 Å². The van der Waals surface area contributed by atoms with Gasteiger partial charge in [0.05, 0.1) is 12.8 Å². The molecule has 0 heterocycles. The summed E-state index contributed by atoms with van der Waals surface area (Å²) in [5.41, 5.74) is 0. The molecule has 0 fully saturated rings. The molecule has 5 heteroatoms. The Bertz CT molecular complexity index is 196. The van der Waals surface area contributed by atoms with Gasteiger partial charge in [0, 0.05) is 0 Å². The van der Waals surface area contributed by atoms with Gasteiger partial charge in [-0.25, -0.2) is 0 Å². The zero-order valence-electron chi connectivity index (χ0n) is 9.75. The second kappa shape index (κ2) is 11.4. The number of hydrogen-bond acceptors (Lipinski definition) is 4. The summed E-state index contributed by atoms with van der Waals surface area (Å²) in [4.78, 5) is 40.1. The number of carbonyl (C=O) groups excluding carboxylic acids is 4. The Balaban J connectivity index is -0.000000180. The van der Waals surface area contributed by atoms with E-state index < -0.39 is 0 Å². The summed E-state index contributed by atoms with van der Waals surface area (Å²) >= 11 is 0. The van der Waals surface area contributed by atoms with Crippen LogP contribution < -0.4 is 0 Å². The minimum absolute atomic E-state index is 0. The molecule has 0 radical (unpaired) electrons. The molecular formula is C10H16O4Zn+2. The average Bonchev–Trinajstić information content (AvgIpc) is 1.79. The van der Waals surface area contributed by atoms with Crippen molar-refractivity contribution in [1.29, 1.82) is 0 Å². The Morgan fingerprint density at radius 1 is 0.600 bits per heavy atom. The summed E-state index contributed by atoms with van der Waals surface area (Å²) in [5, 5.41) is 0. The van der Waals surface area contributed by atoms with E-state index >= 15 is 0 Å². The number of Topliss-reactive ketones (excluding diaryl/α,β-unsaturated/α-hetero) is 4. The van der Waals surface area contributed by atoms with Gasteiger partial charge in [-0.3, -0.25) is 19.2 Å². The van der Waals surface area contributed by atoms with Gasteiger partial charge in [0.2, 0.25) is 0 Å². The van der Waals surface area contributed by atoms with Crippen LogP contribution in [-0.2, 0) is 38.7 Å². The first-order chi connectivity index (χ1) is 6.25. The van der Waals surface area contributed by atoms with Crippen LogP contribution in [0.3, 0.4) is 0 Å². The Hall–Kier alpha value is -0.697. The van der Waals surface area contributed by atoms with Gasteiger partial charge in [-0.05, 0) is 27.7 Å². The molecule has 0 aromatic heterocycles. The molecule has 0 aliphatic carbocycles. The fourth-order valence-corrected chi connectivity index (χ4v) is 0.701. The molecule has 15 heavy (non-hydrogen) atoms. The summed E-state index contributed by atoms with van der Waals surface area (Å²) in [6.45, 7) is 5.62. The Morgan fingerprint density at radius 3 is 0.733 bits per heavy atom. The first kappa shape index (κ1) is 19.8. The standard InChI is InChI=1S/2C5H8O2.Zn/c2*1-4(6)3-5(2)7;/h2*3H2,1-2H3;/q;;+2. The van der Waals surface area contributed by atoms with Crippen LogP contribution in [0.1, 0.15) is 40.5 Å². The number of ketones is 4. The van der Waals surface area contributed by atoms with Crippen LogP contribution in [0.25, 0.3) is 0 Å². The molecular weight excluding hydrogens is 249 g/mol. The van der Waals surface area contributed by atoms with Gasteiger partial charge in [-0.1, -0.05) is 0 Å². The molecule has 0 unspecified atom stereocenters. The van der Waals surface area contributed by atoms with Crippen molar-refractivity contribution < 1.29 is 38.7 Å². The van der Waals surface area contributed by atoms with Gasteiger partial charge < -0.3 is 0 Å². The summed E-state index contributed by atoms with van der Waals surface area (Å²) in [6.07, 6.45) is 0.167. The maximum Gasteiger partial charge on any atom is 2.00 e. The molecule has 0 atom stereocenters. The zero-order chi connectivity index (χ0) is 11.7. The quantitative estimate of drug-likeness (QED) is 0.564. The van der Waals surface area contributed by atoms with E-state index in [1.54, 1.807) is 0 Å². The van der Waals surface area contributed by atoms with Gasteiger partial charge in [-0.15, -0.1) is 0 Å². The summed E-state index contributed by atoms with van der Waals surface area (Å²) < 4.78 is 0. The van der Waals surface area contributed by atoms with E-state index in [-0.39, 0.29) is 55.5 Å². The fourth-order valence-electron chi connectivity index (χ4n) is 0.701. The van der Waals surface area contributed by atoms with Gasteiger partial charge in [0.25, 0.3) is 0 Å². The van der Waals surface area contributed by atoms with Crippen molar-refractivity contribution in [2.45, 2.75) is 40.5 Å². The van der Waals surface area contributed by atoms with E-state index in [4.69, 9.17) is 0 Å². The second-order valence-electron chi connectivity index (χ2n) is 3.16. The van der Waals surface area contributed by atoms with Crippen LogP contribution >= 0.6 is 0 Å². The monoisotopic (exact) mass is 264 g/mol. The van der Waals surface area contributed by atoms with Crippen molar-refractivity contribution in [1.82, 2.24) is 0 Å². The van der Waals surface area contributed by atoms with Crippen molar-refractivity contribution in [2.24, 2.45) is 0 Å². The van der Waals surface area contributed by atoms with Gasteiger partial charge in [0.1, 0.15) is 23.1 Å². The van der Waals surface area contributed by atoms with Crippen LogP contribution in [0.4, 0.5) is 0 Å². The van der Waals surface area contributed by atoms with Crippen LogP contribution in [0, 0.1) is 0 Å². The van der Waals surface area contributed by atoms with Crippen molar-refractivity contribution in [2.75, 3.05) is 0 Å². The van der Waals surface area contributed by atoms with Crippen LogP contribution in [-0.4, -0.2) is 23.1 Å². The molecule has 0 spiro atoms. The average molecular weight is 266 g/mol. The van der Waals surface area contributed by atoms with Crippen LogP contribution in [0.2, 0.25) is 0 Å². The van der Waals surface area contributed by atoms with Crippen molar-refractivity contribution in [3.05, 3.63) is 0 Å². The molecule has 0 aliphatic heterocycles. The molecule has 0 saturated carbocycles. The first-order valence-corrected chi connectivity index (χ1v) is 4.23. The molecule has 0 saturated heterocycles. The maximum atomic E-state index is 10.0. The molecule has 0 aromatic rings. The number of rotatable bonds is 4. The number of hydrogen-bond donors (Lipinski definition) is 0. The number of carbonyl (C=O) groups is 4. The molecule has 80 valence electrons. The molecule has 0 aliphatic rings. The van der Waals surface area contributed by atoms with Gasteiger partial charge in [-0.2, -0.15) is 0 Å². The Morgan fingerprint density at radius 2 is 0.733 bits per heavy atom. The van der Waals surface area contributed by atoms with E-state index in [2.05, 4.69) is 0 Å². The zero-order valence-corrected chi connectivity index (χ0v) is 12.7. The van der Waals surface area contributed by atoms with E-state index in [0.717, 1.165) is 0 Å². The predicted octanol–water partition coefficient (Wildman–Crippen LogP) is 1.11. The van der Waals surface area contributed by atoms with Crippen molar-refractivity contribution in [3.8, 4) is 0 Å². The van der Waals surface area contributed by atoms with Crippen LogP contribution in [0.5, 0.6) is 0 Å². The normalized spacial score (nSPS) is 7.73.